The third kappa shape index (κ3) is 3.43. The molecule has 2 aromatic carbocycles. The number of nitrogens with zero attached hydrogens (tertiary/aromatic N) is 4. The first-order valence-electron chi connectivity index (χ1n) is 8.70. The van der Waals surface area contributed by atoms with Crippen molar-refractivity contribution in [3.8, 4) is 0 Å². The lowest BCUT2D eigenvalue weighted by Crippen LogP contribution is -2.21. The molecule has 8 heteroatoms. The molecule has 5 nitrogen and oxygen atoms in total. The third-order valence-corrected chi connectivity index (χ3v) is 5.45. The van der Waals surface area contributed by atoms with Crippen LogP contribution in [0.5, 0.6) is 0 Å². The maximum Gasteiger partial charge on any atom is 0.350 e. The van der Waals surface area contributed by atoms with Crippen molar-refractivity contribution in [2.45, 2.75) is 29.8 Å². The molecule has 0 saturated carbocycles. The Balaban J connectivity index is 1.73. The molecule has 0 saturated heterocycles. The van der Waals surface area contributed by atoms with Crippen LogP contribution < -0.4 is 5.69 Å². The van der Waals surface area contributed by atoms with Gasteiger partial charge in [0.25, 0.3) is 0 Å². The molecule has 0 atom stereocenters. The molecule has 0 aliphatic carbocycles. The minimum absolute atomic E-state index is 0.0351. The SMILES string of the molecule is CCc1ccccc1Sc1nccn2c(=O)n(Cc3ccc(F)c(F)c3)nc12. The molecule has 2 heterocycles. The Labute approximate surface area is 163 Å². The van der Waals surface area contributed by atoms with Crippen molar-refractivity contribution in [1.82, 2.24) is 19.2 Å². The van der Waals surface area contributed by atoms with Crippen molar-refractivity contribution >= 4 is 17.4 Å². The van der Waals surface area contributed by atoms with Gasteiger partial charge >= 0.3 is 5.69 Å². The summed E-state index contributed by atoms with van der Waals surface area (Å²) in [5, 5.41) is 4.98. The van der Waals surface area contributed by atoms with Crippen molar-refractivity contribution in [3.05, 3.63) is 88.1 Å². The molecule has 0 radical (unpaired) electrons. The largest absolute Gasteiger partial charge is 0.350 e. The number of benzene rings is 2. The molecule has 2 aromatic heterocycles. The minimum Gasteiger partial charge on any atom is -0.246 e. The molecule has 4 aromatic rings. The molecule has 0 unspecified atom stereocenters. The zero-order chi connectivity index (χ0) is 19.7. The van der Waals surface area contributed by atoms with Gasteiger partial charge in [0.15, 0.2) is 17.3 Å². The van der Waals surface area contributed by atoms with Crippen molar-refractivity contribution in [1.29, 1.82) is 0 Å². The highest BCUT2D eigenvalue weighted by Gasteiger charge is 2.15. The number of hydrogen-bond donors (Lipinski definition) is 0. The van der Waals surface area contributed by atoms with E-state index in [0.29, 0.717) is 16.2 Å². The van der Waals surface area contributed by atoms with Gasteiger partial charge in [0, 0.05) is 17.3 Å². The molecule has 0 aliphatic heterocycles. The number of aryl methyl sites for hydroxylation is 1. The van der Waals surface area contributed by atoms with Gasteiger partial charge in [-0.15, -0.1) is 5.10 Å². The Morgan fingerprint density at radius 3 is 2.71 bits per heavy atom. The summed E-state index contributed by atoms with van der Waals surface area (Å²) < 4.78 is 29.2. The second-order valence-corrected chi connectivity index (χ2v) is 7.21. The third-order valence-electron chi connectivity index (χ3n) is 4.35. The Morgan fingerprint density at radius 1 is 1.11 bits per heavy atom. The summed E-state index contributed by atoms with van der Waals surface area (Å²) >= 11 is 1.44. The first kappa shape index (κ1) is 18.4. The standard InChI is InChI=1S/C20H16F2N4OS/c1-2-14-5-3-4-6-17(14)28-19-18-24-26(20(27)25(18)10-9-23-19)12-13-7-8-15(21)16(22)11-13/h3-11H,2,12H2,1H3. The van der Waals surface area contributed by atoms with Gasteiger partial charge in [-0.25, -0.2) is 27.6 Å². The number of rotatable bonds is 5. The summed E-state index contributed by atoms with van der Waals surface area (Å²) in [6.45, 7) is 2.11. The molecule has 0 fully saturated rings. The van der Waals surface area contributed by atoms with Gasteiger partial charge in [-0.2, -0.15) is 0 Å². The molecule has 0 amide bonds. The maximum atomic E-state index is 13.5. The summed E-state index contributed by atoms with van der Waals surface area (Å²) in [5.41, 5.74) is 1.68. The Morgan fingerprint density at radius 2 is 1.93 bits per heavy atom. The lowest BCUT2D eigenvalue weighted by molar-refractivity contribution is 0.505. The number of aromatic nitrogens is 4. The lowest BCUT2D eigenvalue weighted by Gasteiger charge is -2.06. The molecular weight excluding hydrogens is 382 g/mol. The summed E-state index contributed by atoms with van der Waals surface area (Å²) in [6.07, 6.45) is 3.97. The van der Waals surface area contributed by atoms with Crippen LogP contribution in [0, 0.1) is 11.6 Å². The molecule has 0 bridgehead atoms. The summed E-state index contributed by atoms with van der Waals surface area (Å²) in [7, 11) is 0. The van der Waals surface area contributed by atoms with Crippen LogP contribution in [0.3, 0.4) is 0 Å². The highest BCUT2D eigenvalue weighted by molar-refractivity contribution is 7.99. The number of fused-ring (bicyclic) bond motifs is 1. The Hall–Kier alpha value is -3.00. The van der Waals surface area contributed by atoms with Crippen LogP contribution in [-0.2, 0) is 13.0 Å². The summed E-state index contributed by atoms with van der Waals surface area (Å²) in [5.74, 6) is -1.88. The number of halogens is 2. The molecular formula is C20H16F2N4OS. The van der Waals surface area contributed by atoms with Gasteiger partial charge in [-0.3, -0.25) is 0 Å². The van der Waals surface area contributed by atoms with Gasteiger partial charge in [0.05, 0.1) is 6.54 Å². The van der Waals surface area contributed by atoms with Crippen molar-refractivity contribution in [3.63, 3.8) is 0 Å². The summed E-state index contributed by atoms with van der Waals surface area (Å²) in [4.78, 5) is 18.1. The van der Waals surface area contributed by atoms with E-state index in [1.54, 1.807) is 12.4 Å². The fourth-order valence-corrected chi connectivity index (χ4v) is 3.95. The highest BCUT2D eigenvalue weighted by atomic mass is 32.2. The minimum atomic E-state index is -0.955. The van der Waals surface area contributed by atoms with Crippen molar-refractivity contribution in [2.24, 2.45) is 0 Å². The van der Waals surface area contributed by atoms with E-state index >= 15 is 0 Å². The second kappa shape index (κ2) is 7.55. The molecule has 0 aliphatic rings. The van der Waals surface area contributed by atoms with Gasteiger partial charge < -0.3 is 0 Å². The zero-order valence-electron chi connectivity index (χ0n) is 15.0. The smallest absolute Gasteiger partial charge is 0.246 e. The van der Waals surface area contributed by atoms with E-state index in [4.69, 9.17) is 0 Å². The van der Waals surface area contributed by atoms with E-state index in [2.05, 4.69) is 23.1 Å². The number of hydrogen-bond acceptors (Lipinski definition) is 4. The topological polar surface area (TPSA) is 52.2 Å². The second-order valence-electron chi connectivity index (χ2n) is 6.18. The zero-order valence-corrected chi connectivity index (χ0v) is 15.8. The van der Waals surface area contributed by atoms with Gasteiger partial charge in [-0.05, 0) is 35.7 Å². The van der Waals surface area contributed by atoms with Gasteiger partial charge in [0.2, 0.25) is 0 Å². The normalized spacial score (nSPS) is 11.2. The predicted molar refractivity (Wildman–Crippen MR) is 103 cm³/mol. The van der Waals surface area contributed by atoms with Crippen LogP contribution in [0.2, 0.25) is 0 Å². The highest BCUT2D eigenvalue weighted by Crippen LogP contribution is 2.31. The maximum absolute atomic E-state index is 13.5. The van der Waals surface area contributed by atoms with E-state index in [-0.39, 0.29) is 12.2 Å². The Kier molecular flexibility index (Phi) is 4.95. The van der Waals surface area contributed by atoms with Crippen molar-refractivity contribution < 1.29 is 8.78 Å². The predicted octanol–water partition coefficient (Wildman–Crippen LogP) is 3.93. The lowest BCUT2D eigenvalue weighted by atomic mass is 10.2. The average molecular weight is 398 g/mol. The first-order chi connectivity index (χ1) is 13.6. The first-order valence-corrected chi connectivity index (χ1v) is 9.52. The fraction of sp³-hybridized carbons (Fsp3) is 0.150. The van der Waals surface area contributed by atoms with Crippen LogP contribution in [-0.4, -0.2) is 19.2 Å². The van der Waals surface area contributed by atoms with Crippen LogP contribution in [0.1, 0.15) is 18.1 Å². The molecule has 28 heavy (non-hydrogen) atoms. The average Bonchev–Trinajstić information content (AvgIpc) is 3.02. The van der Waals surface area contributed by atoms with Crippen LogP contribution in [0.4, 0.5) is 8.78 Å². The van der Waals surface area contributed by atoms with E-state index in [0.717, 1.165) is 23.4 Å². The van der Waals surface area contributed by atoms with Crippen LogP contribution >= 0.6 is 11.8 Å². The van der Waals surface area contributed by atoms with Gasteiger partial charge in [-0.1, -0.05) is 43.0 Å². The van der Waals surface area contributed by atoms with E-state index in [9.17, 15) is 13.6 Å². The molecule has 0 spiro atoms. The molecule has 4 rings (SSSR count). The Bertz CT molecular complexity index is 1220. The monoisotopic (exact) mass is 398 g/mol. The van der Waals surface area contributed by atoms with Crippen LogP contribution in [0.25, 0.3) is 5.65 Å². The fourth-order valence-electron chi connectivity index (χ4n) is 2.91. The van der Waals surface area contributed by atoms with E-state index in [1.807, 2.05) is 18.2 Å². The summed E-state index contributed by atoms with van der Waals surface area (Å²) in [6, 6.07) is 11.5. The molecule has 142 valence electrons. The van der Waals surface area contributed by atoms with E-state index in [1.165, 1.54) is 32.5 Å². The molecule has 0 N–H and O–H groups in total. The quantitative estimate of drug-likeness (QED) is 0.511. The van der Waals surface area contributed by atoms with Gasteiger partial charge in [0.1, 0.15) is 5.03 Å². The van der Waals surface area contributed by atoms with E-state index < -0.39 is 11.6 Å². The van der Waals surface area contributed by atoms with Crippen molar-refractivity contribution in [2.75, 3.05) is 0 Å². The van der Waals surface area contributed by atoms with Crippen LogP contribution in [0.15, 0.2) is 69.6 Å².